The summed E-state index contributed by atoms with van der Waals surface area (Å²) >= 11 is 0. The monoisotopic (exact) mass is 242 g/mol. The average Bonchev–Trinajstić information content (AvgIpc) is 2.60. The highest BCUT2D eigenvalue weighted by Gasteiger charge is 2.41. The molecule has 4 heteroatoms. The van der Waals surface area contributed by atoms with Crippen LogP contribution < -0.4 is 5.32 Å². The van der Waals surface area contributed by atoms with Crippen molar-refractivity contribution >= 4 is 5.91 Å². The maximum atomic E-state index is 12.3. The van der Waals surface area contributed by atoms with Crippen molar-refractivity contribution in [3.05, 3.63) is 0 Å². The first-order valence-corrected chi connectivity index (χ1v) is 6.63. The number of nitrogens with zero attached hydrogens (tertiary/aromatic N) is 1. The Morgan fingerprint density at radius 1 is 1.59 bits per heavy atom. The molecule has 0 spiro atoms. The third-order valence-electron chi connectivity index (χ3n) is 3.80. The van der Waals surface area contributed by atoms with E-state index in [0.717, 1.165) is 19.4 Å². The second-order valence-electron chi connectivity index (χ2n) is 5.48. The normalized spacial score (nSPS) is 24.5. The zero-order valence-corrected chi connectivity index (χ0v) is 11.5. The standard InChI is InChI=1S/C13H26N2O2/c1-5-13(4,7-9-16)15-8-6-11(12(15)17)14-10(2)3/h10-11,14,16H,5-9H2,1-4H3. The first kappa shape index (κ1) is 14.5. The minimum atomic E-state index is -0.195. The predicted molar refractivity (Wildman–Crippen MR) is 68.8 cm³/mol. The molecule has 1 amide bonds. The highest BCUT2D eigenvalue weighted by atomic mass is 16.3. The number of aliphatic hydroxyl groups excluding tert-OH is 1. The maximum absolute atomic E-state index is 12.3. The smallest absolute Gasteiger partial charge is 0.240 e. The van der Waals surface area contributed by atoms with E-state index in [0.29, 0.717) is 12.5 Å². The molecule has 1 aliphatic heterocycles. The lowest BCUT2D eigenvalue weighted by molar-refractivity contribution is -0.135. The van der Waals surface area contributed by atoms with Crippen molar-refractivity contribution in [3.63, 3.8) is 0 Å². The number of hydrogen-bond acceptors (Lipinski definition) is 3. The summed E-state index contributed by atoms with van der Waals surface area (Å²) in [4.78, 5) is 14.3. The Morgan fingerprint density at radius 3 is 2.71 bits per heavy atom. The molecule has 0 aromatic heterocycles. The van der Waals surface area contributed by atoms with Gasteiger partial charge in [-0.2, -0.15) is 0 Å². The Bertz CT molecular complexity index is 268. The van der Waals surface area contributed by atoms with Crippen LogP contribution in [0.15, 0.2) is 0 Å². The van der Waals surface area contributed by atoms with Gasteiger partial charge in [0.05, 0.1) is 6.04 Å². The molecule has 0 bridgehead atoms. The van der Waals surface area contributed by atoms with Crippen LogP contribution in [0, 0.1) is 0 Å². The van der Waals surface area contributed by atoms with Gasteiger partial charge in [-0.1, -0.05) is 20.8 Å². The molecule has 2 N–H and O–H groups in total. The summed E-state index contributed by atoms with van der Waals surface area (Å²) in [5, 5.41) is 12.4. The van der Waals surface area contributed by atoms with Gasteiger partial charge in [-0.15, -0.1) is 0 Å². The molecular formula is C13H26N2O2. The zero-order valence-electron chi connectivity index (χ0n) is 11.5. The number of carbonyl (C=O) groups is 1. The van der Waals surface area contributed by atoms with Gasteiger partial charge in [0, 0.05) is 24.7 Å². The molecule has 0 aliphatic carbocycles. The fraction of sp³-hybridized carbons (Fsp3) is 0.923. The van der Waals surface area contributed by atoms with Gasteiger partial charge in [0.25, 0.3) is 0 Å². The molecule has 0 aromatic carbocycles. The summed E-state index contributed by atoms with van der Waals surface area (Å²) in [6.45, 7) is 9.19. The topological polar surface area (TPSA) is 52.6 Å². The van der Waals surface area contributed by atoms with E-state index < -0.39 is 0 Å². The molecule has 1 rings (SSSR count). The van der Waals surface area contributed by atoms with Crippen LogP contribution in [0.25, 0.3) is 0 Å². The summed E-state index contributed by atoms with van der Waals surface area (Å²) in [6.07, 6.45) is 2.41. The number of amides is 1. The van der Waals surface area contributed by atoms with Crippen LogP contribution in [0.2, 0.25) is 0 Å². The maximum Gasteiger partial charge on any atom is 0.240 e. The van der Waals surface area contributed by atoms with Crippen LogP contribution in [0.5, 0.6) is 0 Å². The Hall–Kier alpha value is -0.610. The van der Waals surface area contributed by atoms with Gasteiger partial charge in [0.1, 0.15) is 0 Å². The van der Waals surface area contributed by atoms with Crippen molar-refractivity contribution < 1.29 is 9.90 Å². The third-order valence-corrected chi connectivity index (χ3v) is 3.80. The molecule has 0 saturated carbocycles. The molecule has 17 heavy (non-hydrogen) atoms. The summed E-state index contributed by atoms with van der Waals surface area (Å²) in [7, 11) is 0. The summed E-state index contributed by atoms with van der Waals surface area (Å²) in [5.41, 5.74) is -0.195. The molecule has 0 radical (unpaired) electrons. The van der Waals surface area contributed by atoms with E-state index in [-0.39, 0.29) is 24.1 Å². The fourth-order valence-corrected chi connectivity index (χ4v) is 2.52. The van der Waals surface area contributed by atoms with E-state index in [2.05, 4.69) is 33.0 Å². The SMILES string of the molecule is CCC(C)(CCO)N1CCC(NC(C)C)C1=O. The molecule has 0 aromatic rings. The van der Waals surface area contributed by atoms with Crippen molar-refractivity contribution in [1.29, 1.82) is 0 Å². The van der Waals surface area contributed by atoms with Crippen molar-refractivity contribution in [1.82, 2.24) is 10.2 Å². The molecule has 2 atom stereocenters. The van der Waals surface area contributed by atoms with Crippen LogP contribution in [0.4, 0.5) is 0 Å². The lowest BCUT2D eigenvalue weighted by Crippen LogP contribution is -2.51. The highest BCUT2D eigenvalue weighted by Crippen LogP contribution is 2.28. The molecule has 1 aliphatic rings. The van der Waals surface area contributed by atoms with Gasteiger partial charge in [0.2, 0.25) is 5.91 Å². The first-order chi connectivity index (χ1) is 7.94. The van der Waals surface area contributed by atoms with Crippen LogP contribution in [0.3, 0.4) is 0 Å². The Kier molecular flexibility index (Phi) is 4.95. The number of nitrogens with one attached hydrogen (secondary N) is 1. The van der Waals surface area contributed by atoms with Crippen LogP contribution in [-0.2, 0) is 4.79 Å². The second-order valence-corrected chi connectivity index (χ2v) is 5.48. The molecule has 100 valence electrons. The van der Waals surface area contributed by atoms with E-state index >= 15 is 0 Å². The van der Waals surface area contributed by atoms with Gasteiger partial charge in [0.15, 0.2) is 0 Å². The minimum Gasteiger partial charge on any atom is -0.396 e. The van der Waals surface area contributed by atoms with Crippen LogP contribution in [0.1, 0.15) is 47.0 Å². The molecule has 2 unspecified atom stereocenters. The third kappa shape index (κ3) is 3.19. The van der Waals surface area contributed by atoms with Crippen molar-refractivity contribution in [3.8, 4) is 0 Å². The zero-order chi connectivity index (χ0) is 13.1. The number of aliphatic hydroxyl groups is 1. The lowest BCUT2D eigenvalue weighted by Gasteiger charge is -2.38. The number of rotatable bonds is 6. The van der Waals surface area contributed by atoms with Crippen LogP contribution >= 0.6 is 0 Å². The molecule has 1 saturated heterocycles. The summed E-state index contributed by atoms with van der Waals surface area (Å²) < 4.78 is 0. The number of likely N-dealkylation sites (tertiary alicyclic amines) is 1. The van der Waals surface area contributed by atoms with E-state index in [9.17, 15) is 4.79 Å². The Morgan fingerprint density at radius 2 is 2.24 bits per heavy atom. The molecule has 1 heterocycles. The number of carbonyl (C=O) groups excluding carboxylic acids is 1. The highest BCUT2D eigenvalue weighted by molar-refractivity contribution is 5.84. The Labute approximate surface area is 104 Å². The predicted octanol–water partition coefficient (Wildman–Crippen LogP) is 1.14. The number of hydrogen-bond donors (Lipinski definition) is 2. The summed E-state index contributed by atoms with van der Waals surface area (Å²) in [6, 6.07) is 0.286. The van der Waals surface area contributed by atoms with Crippen molar-refractivity contribution in [2.24, 2.45) is 0 Å². The van der Waals surface area contributed by atoms with E-state index in [1.54, 1.807) is 0 Å². The van der Waals surface area contributed by atoms with Gasteiger partial charge in [-0.25, -0.2) is 0 Å². The van der Waals surface area contributed by atoms with Gasteiger partial charge < -0.3 is 15.3 Å². The van der Waals surface area contributed by atoms with Crippen molar-refractivity contribution in [2.75, 3.05) is 13.2 Å². The molecule has 1 fully saturated rings. The second kappa shape index (κ2) is 5.83. The van der Waals surface area contributed by atoms with E-state index in [4.69, 9.17) is 5.11 Å². The van der Waals surface area contributed by atoms with Gasteiger partial charge in [-0.05, 0) is 26.2 Å². The average molecular weight is 242 g/mol. The van der Waals surface area contributed by atoms with Gasteiger partial charge >= 0.3 is 0 Å². The molecular weight excluding hydrogens is 216 g/mol. The fourth-order valence-electron chi connectivity index (χ4n) is 2.52. The van der Waals surface area contributed by atoms with Crippen molar-refractivity contribution in [2.45, 2.75) is 64.6 Å². The largest absolute Gasteiger partial charge is 0.396 e. The minimum absolute atomic E-state index is 0.0421. The Balaban J connectivity index is 2.71. The summed E-state index contributed by atoms with van der Waals surface area (Å²) in [5.74, 6) is 0.191. The van der Waals surface area contributed by atoms with Gasteiger partial charge in [-0.3, -0.25) is 4.79 Å². The quantitative estimate of drug-likeness (QED) is 0.734. The van der Waals surface area contributed by atoms with E-state index in [1.807, 2.05) is 4.90 Å². The van der Waals surface area contributed by atoms with Crippen LogP contribution in [-0.4, -0.2) is 46.7 Å². The molecule has 4 nitrogen and oxygen atoms in total. The first-order valence-electron chi connectivity index (χ1n) is 6.63. The van der Waals surface area contributed by atoms with E-state index in [1.165, 1.54) is 0 Å². The lowest BCUT2D eigenvalue weighted by atomic mass is 9.93.